The minimum absolute atomic E-state index is 0.135. The minimum atomic E-state index is 0.135. The first-order valence-electron chi connectivity index (χ1n) is 7.54. The smallest absolute Gasteiger partial charge is 0.161 e. The molecular formula is C20H17Br2ClO2. The van der Waals surface area contributed by atoms with Gasteiger partial charge in [-0.1, -0.05) is 76.1 Å². The predicted molar refractivity (Wildman–Crippen MR) is 111 cm³/mol. The zero-order valence-electron chi connectivity index (χ0n) is 13.3. The Bertz CT molecular complexity index is 795. The number of hydrogen-bond acceptors (Lipinski definition) is 2. The number of phenols is 1. The molecule has 130 valence electrons. The largest absolute Gasteiger partial charge is 0.504 e. The third-order valence-corrected chi connectivity index (χ3v) is 5.12. The fourth-order valence-electron chi connectivity index (χ4n) is 1.94. The third kappa shape index (κ3) is 6.73. The summed E-state index contributed by atoms with van der Waals surface area (Å²) in [5, 5.41) is 11.1. The van der Waals surface area contributed by atoms with Crippen LogP contribution in [0.4, 0.5) is 0 Å². The molecule has 1 N–H and O–H groups in total. The van der Waals surface area contributed by atoms with Crippen LogP contribution in [0.25, 0.3) is 0 Å². The van der Waals surface area contributed by atoms with Crippen molar-refractivity contribution >= 4 is 43.5 Å². The van der Waals surface area contributed by atoms with E-state index >= 15 is 0 Å². The molecule has 0 aliphatic rings. The molecule has 5 heteroatoms. The van der Waals surface area contributed by atoms with Gasteiger partial charge in [0, 0.05) is 9.80 Å². The average Bonchev–Trinajstić information content (AvgIpc) is 2.65. The molecule has 0 unspecified atom stereocenters. The lowest BCUT2D eigenvalue weighted by atomic mass is 10.2. The number of rotatable bonds is 4. The van der Waals surface area contributed by atoms with Gasteiger partial charge < -0.3 is 9.84 Å². The highest BCUT2D eigenvalue weighted by Gasteiger charge is 2.03. The van der Waals surface area contributed by atoms with Crippen molar-refractivity contribution in [2.24, 2.45) is 0 Å². The Morgan fingerprint density at radius 3 is 2.16 bits per heavy atom. The minimum Gasteiger partial charge on any atom is -0.504 e. The molecule has 0 aliphatic carbocycles. The summed E-state index contributed by atoms with van der Waals surface area (Å²) in [5.41, 5.74) is 2.27. The van der Waals surface area contributed by atoms with Crippen LogP contribution in [0.3, 0.4) is 0 Å². The molecule has 0 saturated carbocycles. The highest BCUT2D eigenvalue weighted by molar-refractivity contribution is 9.10. The average molecular weight is 485 g/mol. The van der Waals surface area contributed by atoms with Gasteiger partial charge in [0.25, 0.3) is 0 Å². The van der Waals surface area contributed by atoms with Crippen molar-refractivity contribution < 1.29 is 9.84 Å². The predicted octanol–water partition coefficient (Wildman–Crippen LogP) is 6.97. The number of hydrogen-bond donors (Lipinski definition) is 1. The second kappa shape index (κ2) is 10.5. The van der Waals surface area contributed by atoms with E-state index < -0.39 is 0 Å². The van der Waals surface area contributed by atoms with Crippen LogP contribution < -0.4 is 4.74 Å². The quantitative estimate of drug-likeness (QED) is 0.405. The summed E-state index contributed by atoms with van der Waals surface area (Å²) < 4.78 is 6.35. The van der Waals surface area contributed by atoms with Crippen molar-refractivity contribution in [2.75, 3.05) is 0 Å². The highest BCUT2D eigenvalue weighted by atomic mass is 79.9. The highest BCUT2D eigenvalue weighted by Crippen LogP contribution is 2.27. The van der Waals surface area contributed by atoms with Gasteiger partial charge in [0.15, 0.2) is 11.5 Å². The molecule has 0 amide bonds. The Morgan fingerprint density at radius 1 is 0.880 bits per heavy atom. The Morgan fingerprint density at radius 2 is 1.56 bits per heavy atom. The zero-order chi connectivity index (χ0) is 18.1. The van der Waals surface area contributed by atoms with Gasteiger partial charge in [-0.25, -0.2) is 0 Å². The molecule has 0 aromatic heterocycles. The van der Waals surface area contributed by atoms with Crippen molar-refractivity contribution in [3.63, 3.8) is 0 Å². The van der Waals surface area contributed by atoms with Crippen molar-refractivity contribution in [3.05, 3.63) is 93.4 Å². The molecule has 0 fully saturated rings. The van der Waals surface area contributed by atoms with Crippen LogP contribution >= 0.6 is 43.5 Å². The maximum atomic E-state index is 9.53. The summed E-state index contributed by atoms with van der Waals surface area (Å²) in [7, 11) is 0. The van der Waals surface area contributed by atoms with E-state index in [0.29, 0.717) is 17.4 Å². The molecule has 0 saturated heterocycles. The molecule has 2 nitrogen and oxygen atoms in total. The van der Waals surface area contributed by atoms with Crippen molar-refractivity contribution in [1.29, 1.82) is 0 Å². The van der Waals surface area contributed by atoms with Crippen LogP contribution in [-0.2, 0) is 11.9 Å². The maximum absolute atomic E-state index is 9.53. The van der Waals surface area contributed by atoms with Crippen LogP contribution in [0, 0.1) is 0 Å². The zero-order valence-corrected chi connectivity index (χ0v) is 17.3. The standard InChI is InChI=1S/C13H10BrClO2.C7H7Br/c14-10-6-5-9(7-11(10)15)8-17-13-4-2-1-3-12(13)16;8-6-7-4-2-1-3-5-7/h1-7,16H,8H2;1-5H,6H2. The van der Waals surface area contributed by atoms with Crippen molar-refractivity contribution in [2.45, 2.75) is 11.9 Å². The second-order valence-electron chi connectivity index (χ2n) is 5.12. The molecule has 0 bridgehead atoms. The molecule has 3 aromatic carbocycles. The first kappa shape index (κ1) is 19.8. The Balaban J connectivity index is 0.000000236. The number of para-hydroxylation sites is 2. The third-order valence-electron chi connectivity index (χ3n) is 3.24. The topological polar surface area (TPSA) is 29.5 Å². The summed E-state index contributed by atoms with van der Waals surface area (Å²) in [4.78, 5) is 0. The molecule has 25 heavy (non-hydrogen) atoms. The Hall–Kier alpha value is -1.49. The maximum Gasteiger partial charge on any atom is 0.161 e. The molecule has 0 aliphatic heterocycles. The summed E-state index contributed by atoms with van der Waals surface area (Å²) in [5.74, 6) is 0.599. The lowest BCUT2D eigenvalue weighted by molar-refractivity contribution is 0.289. The molecule has 0 heterocycles. The Kier molecular flexibility index (Phi) is 8.32. The second-order valence-corrected chi connectivity index (χ2v) is 6.95. The number of alkyl halides is 1. The van der Waals surface area contributed by atoms with Crippen LogP contribution in [0.5, 0.6) is 11.5 Å². The number of ether oxygens (including phenoxy) is 1. The lowest BCUT2D eigenvalue weighted by Gasteiger charge is -2.08. The van der Waals surface area contributed by atoms with Crippen LogP contribution in [0.2, 0.25) is 5.02 Å². The first-order chi connectivity index (χ1) is 12.1. The van der Waals surface area contributed by atoms with E-state index in [-0.39, 0.29) is 5.75 Å². The normalized spacial score (nSPS) is 9.88. The van der Waals surface area contributed by atoms with Crippen LogP contribution in [0.15, 0.2) is 77.3 Å². The molecular weight excluding hydrogens is 467 g/mol. The number of phenolic OH excluding ortho intramolecular Hbond substituents is 1. The number of benzene rings is 3. The van der Waals surface area contributed by atoms with Gasteiger partial charge in [0.1, 0.15) is 6.61 Å². The van der Waals surface area contributed by atoms with Crippen LogP contribution in [-0.4, -0.2) is 5.11 Å². The van der Waals surface area contributed by atoms with E-state index in [1.165, 1.54) is 5.56 Å². The van der Waals surface area contributed by atoms with Gasteiger partial charge in [0.05, 0.1) is 5.02 Å². The molecule has 0 atom stereocenters. The van der Waals surface area contributed by atoms with Crippen molar-refractivity contribution in [3.8, 4) is 11.5 Å². The molecule has 3 aromatic rings. The van der Waals surface area contributed by atoms with Gasteiger partial charge in [0.2, 0.25) is 0 Å². The van der Waals surface area contributed by atoms with Gasteiger partial charge in [-0.3, -0.25) is 0 Å². The van der Waals surface area contributed by atoms with E-state index in [2.05, 4.69) is 44.0 Å². The van der Waals surface area contributed by atoms with Gasteiger partial charge in [-0.05, 0) is 51.3 Å². The van der Waals surface area contributed by atoms with Gasteiger partial charge in [-0.15, -0.1) is 0 Å². The SMILES string of the molecule is BrCc1ccccc1.Oc1ccccc1OCc1ccc(Br)c(Cl)c1. The van der Waals surface area contributed by atoms with E-state index in [9.17, 15) is 5.11 Å². The van der Waals surface area contributed by atoms with E-state index in [4.69, 9.17) is 16.3 Å². The summed E-state index contributed by atoms with van der Waals surface area (Å²) >= 11 is 12.7. The number of aromatic hydroxyl groups is 1. The molecule has 0 spiro atoms. The summed E-state index contributed by atoms with van der Waals surface area (Å²) in [6.45, 7) is 0.366. The summed E-state index contributed by atoms with van der Waals surface area (Å²) in [6, 6.07) is 22.7. The fourth-order valence-corrected chi connectivity index (χ4v) is 2.76. The monoisotopic (exact) mass is 482 g/mol. The van der Waals surface area contributed by atoms with Crippen molar-refractivity contribution in [1.82, 2.24) is 0 Å². The van der Waals surface area contributed by atoms with Gasteiger partial charge >= 0.3 is 0 Å². The van der Waals surface area contributed by atoms with Gasteiger partial charge in [-0.2, -0.15) is 0 Å². The van der Waals surface area contributed by atoms with E-state index in [1.807, 2.05) is 42.5 Å². The molecule has 3 rings (SSSR count). The lowest BCUT2D eigenvalue weighted by Crippen LogP contribution is -1.95. The first-order valence-corrected chi connectivity index (χ1v) is 9.84. The van der Waals surface area contributed by atoms with E-state index in [1.54, 1.807) is 18.2 Å². The fraction of sp³-hybridized carbons (Fsp3) is 0.100. The summed E-state index contributed by atoms with van der Waals surface area (Å²) in [6.07, 6.45) is 0. The molecule has 0 radical (unpaired) electrons. The van der Waals surface area contributed by atoms with E-state index in [0.717, 1.165) is 15.4 Å². The Labute approximate surface area is 169 Å². The number of halogens is 3. The van der Waals surface area contributed by atoms with Crippen LogP contribution in [0.1, 0.15) is 11.1 Å².